The zero-order chi connectivity index (χ0) is 8.39. The van der Waals surface area contributed by atoms with Crippen LogP contribution in [0.3, 0.4) is 0 Å². The van der Waals surface area contributed by atoms with Gasteiger partial charge in [-0.15, -0.1) is 11.3 Å². The van der Waals surface area contributed by atoms with Crippen molar-refractivity contribution in [3.63, 3.8) is 0 Å². The first kappa shape index (κ1) is 7.31. The van der Waals surface area contributed by atoms with E-state index in [0.717, 1.165) is 11.3 Å². The van der Waals surface area contributed by atoms with Crippen molar-refractivity contribution >= 4 is 16.5 Å². The van der Waals surface area contributed by atoms with Crippen LogP contribution in [0.1, 0.15) is 1.43 Å². The van der Waals surface area contributed by atoms with Crippen LogP contribution in [-0.2, 0) is 0 Å². The fraction of sp³-hybridized carbons (Fsp3) is 0. The Morgan fingerprint density at radius 2 is 2.00 bits per heavy atom. The van der Waals surface area contributed by atoms with Crippen molar-refractivity contribution in [2.45, 2.75) is 0 Å². The standard InChI is InChI=1S/C9H8N2S.H2/c10-9-11-8(6-12-9)7-4-2-1-3-5-7;/h1-6H,(H2,10,11);1H. The molecule has 2 N–H and O–H groups in total. The topological polar surface area (TPSA) is 38.9 Å². The van der Waals surface area contributed by atoms with Gasteiger partial charge in [0, 0.05) is 12.4 Å². The average molecular weight is 178 g/mol. The number of nitrogens with zero attached hydrogens (tertiary/aromatic N) is 1. The van der Waals surface area contributed by atoms with Crippen LogP contribution < -0.4 is 5.73 Å². The number of nitrogens with two attached hydrogens (primary N) is 1. The maximum Gasteiger partial charge on any atom is 0.180 e. The van der Waals surface area contributed by atoms with E-state index in [2.05, 4.69) is 4.98 Å². The van der Waals surface area contributed by atoms with Crippen LogP contribution in [0.25, 0.3) is 11.3 Å². The lowest BCUT2D eigenvalue weighted by Crippen LogP contribution is -1.82. The first-order valence-corrected chi connectivity index (χ1v) is 4.50. The van der Waals surface area contributed by atoms with Crippen molar-refractivity contribution < 1.29 is 1.43 Å². The zero-order valence-electron chi connectivity index (χ0n) is 6.40. The van der Waals surface area contributed by atoms with E-state index in [-0.39, 0.29) is 1.43 Å². The second-order valence-corrected chi connectivity index (χ2v) is 3.33. The molecule has 1 aromatic heterocycles. The highest BCUT2D eigenvalue weighted by atomic mass is 32.1. The molecule has 0 saturated heterocycles. The lowest BCUT2D eigenvalue weighted by Gasteiger charge is -1.92. The summed E-state index contributed by atoms with van der Waals surface area (Å²) in [5.41, 5.74) is 7.60. The molecular formula is C9H10N2S. The van der Waals surface area contributed by atoms with Crippen LogP contribution in [0.15, 0.2) is 35.7 Å². The smallest absolute Gasteiger partial charge is 0.180 e. The molecule has 0 saturated carbocycles. The van der Waals surface area contributed by atoms with E-state index in [0.29, 0.717) is 5.13 Å². The SMILES string of the molecule is Nc1nc(-c2ccccc2)cs1.[HH]. The number of hydrogen-bond acceptors (Lipinski definition) is 3. The fourth-order valence-corrected chi connectivity index (χ4v) is 1.60. The Bertz CT molecular complexity index is 372. The van der Waals surface area contributed by atoms with Gasteiger partial charge >= 0.3 is 0 Å². The molecule has 0 radical (unpaired) electrons. The third-order valence-electron chi connectivity index (χ3n) is 1.59. The van der Waals surface area contributed by atoms with E-state index in [4.69, 9.17) is 5.73 Å². The molecule has 0 fully saturated rings. The third kappa shape index (κ3) is 1.31. The molecule has 0 aliphatic rings. The van der Waals surface area contributed by atoms with Crippen LogP contribution in [0.5, 0.6) is 0 Å². The van der Waals surface area contributed by atoms with Gasteiger partial charge in [0.15, 0.2) is 5.13 Å². The molecule has 0 amide bonds. The summed E-state index contributed by atoms with van der Waals surface area (Å²) >= 11 is 1.47. The molecule has 0 spiro atoms. The van der Waals surface area contributed by atoms with Gasteiger partial charge in [-0.05, 0) is 0 Å². The van der Waals surface area contributed by atoms with Crippen LogP contribution >= 0.6 is 11.3 Å². The van der Waals surface area contributed by atoms with E-state index in [1.165, 1.54) is 11.3 Å². The largest absolute Gasteiger partial charge is 0.375 e. The minimum atomic E-state index is 0. The van der Waals surface area contributed by atoms with Gasteiger partial charge < -0.3 is 5.73 Å². The monoisotopic (exact) mass is 178 g/mol. The Hall–Kier alpha value is -1.35. The maximum absolute atomic E-state index is 5.52. The number of nitrogen functional groups attached to an aromatic ring is 1. The third-order valence-corrected chi connectivity index (χ3v) is 2.27. The Morgan fingerprint density at radius 1 is 1.25 bits per heavy atom. The number of benzene rings is 1. The van der Waals surface area contributed by atoms with Crippen molar-refractivity contribution in [2.75, 3.05) is 5.73 Å². The summed E-state index contributed by atoms with van der Waals surface area (Å²) in [4.78, 5) is 4.18. The molecule has 0 unspecified atom stereocenters. The molecule has 0 aliphatic heterocycles. The number of aromatic nitrogens is 1. The molecule has 1 aromatic carbocycles. The van der Waals surface area contributed by atoms with Crippen molar-refractivity contribution in [3.05, 3.63) is 35.7 Å². The predicted octanol–water partition coefficient (Wildman–Crippen LogP) is 2.64. The first-order chi connectivity index (χ1) is 5.86. The molecule has 2 aromatic rings. The van der Waals surface area contributed by atoms with Crippen LogP contribution in [0, 0.1) is 0 Å². The Morgan fingerprint density at radius 3 is 2.58 bits per heavy atom. The molecule has 0 aliphatic carbocycles. The van der Waals surface area contributed by atoms with Gasteiger partial charge in [-0.3, -0.25) is 0 Å². The van der Waals surface area contributed by atoms with Gasteiger partial charge in [-0.2, -0.15) is 0 Å². The summed E-state index contributed by atoms with van der Waals surface area (Å²) in [5.74, 6) is 0. The van der Waals surface area contributed by atoms with Gasteiger partial charge in [-0.25, -0.2) is 4.98 Å². The van der Waals surface area contributed by atoms with Crippen molar-refractivity contribution in [1.82, 2.24) is 4.98 Å². The van der Waals surface area contributed by atoms with E-state index < -0.39 is 0 Å². The maximum atomic E-state index is 5.52. The highest BCUT2D eigenvalue weighted by Gasteiger charge is 1.99. The lowest BCUT2D eigenvalue weighted by molar-refractivity contribution is 1.41. The number of hydrogen-bond donors (Lipinski definition) is 1. The van der Waals surface area contributed by atoms with E-state index >= 15 is 0 Å². The van der Waals surface area contributed by atoms with Gasteiger partial charge in [0.05, 0.1) is 5.69 Å². The molecule has 2 nitrogen and oxygen atoms in total. The second kappa shape index (κ2) is 2.95. The summed E-state index contributed by atoms with van der Waals surface area (Å²) in [6.07, 6.45) is 0. The molecule has 0 bridgehead atoms. The van der Waals surface area contributed by atoms with E-state index in [9.17, 15) is 0 Å². The van der Waals surface area contributed by atoms with Crippen LogP contribution in [-0.4, -0.2) is 4.98 Å². The predicted molar refractivity (Wildman–Crippen MR) is 54.1 cm³/mol. The molecular weight excluding hydrogens is 168 g/mol. The fourth-order valence-electron chi connectivity index (χ4n) is 1.03. The first-order valence-electron chi connectivity index (χ1n) is 3.63. The molecule has 0 atom stereocenters. The minimum absolute atomic E-state index is 0. The zero-order valence-corrected chi connectivity index (χ0v) is 7.21. The molecule has 1 heterocycles. The minimum Gasteiger partial charge on any atom is -0.375 e. The van der Waals surface area contributed by atoms with Gasteiger partial charge in [-0.1, -0.05) is 30.3 Å². The normalized spacial score (nSPS) is 10.0. The summed E-state index contributed by atoms with van der Waals surface area (Å²) in [5, 5.41) is 2.58. The average Bonchev–Trinajstić information content (AvgIpc) is 2.54. The van der Waals surface area contributed by atoms with Gasteiger partial charge in [0.2, 0.25) is 0 Å². The quantitative estimate of drug-likeness (QED) is 0.729. The molecule has 3 heteroatoms. The number of anilines is 1. The van der Waals surface area contributed by atoms with E-state index in [1.54, 1.807) is 0 Å². The summed E-state index contributed by atoms with van der Waals surface area (Å²) in [6, 6.07) is 10.0. The molecule has 2 rings (SSSR count). The Kier molecular flexibility index (Phi) is 1.80. The molecule has 12 heavy (non-hydrogen) atoms. The van der Waals surface area contributed by atoms with Crippen LogP contribution in [0.4, 0.5) is 5.13 Å². The number of thiazole rings is 1. The van der Waals surface area contributed by atoms with Crippen molar-refractivity contribution in [3.8, 4) is 11.3 Å². The summed E-state index contributed by atoms with van der Waals surface area (Å²) in [6.45, 7) is 0. The van der Waals surface area contributed by atoms with Gasteiger partial charge in [0.25, 0.3) is 0 Å². The summed E-state index contributed by atoms with van der Waals surface area (Å²) < 4.78 is 0. The van der Waals surface area contributed by atoms with Gasteiger partial charge in [0.1, 0.15) is 0 Å². The lowest BCUT2D eigenvalue weighted by atomic mass is 10.2. The second-order valence-electron chi connectivity index (χ2n) is 2.44. The Labute approximate surface area is 76.2 Å². The molecule has 62 valence electrons. The Balaban J connectivity index is 0.000000845. The highest BCUT2D eigenvalue weighted by Crippen LogP contribution is 2.22. The highest BCUT2D eigenvalue weighted by molar-refractivity contribution is 7.13. The van der Waals surface area contributed by atoms with Crippen molar-refractivity contribution in [2.24, 2.45) is 0 Å². The van der Waals surface area contributed by atoms with E-state index in [1.807, 2.05) is 35.7 Å². The van der Waals surface area contributed by atoms with Crippen molar-refractivity contribution in [1.29, 1.82) is 0 Å². The van der Waals surface area contributed by atoms with Crippen LogP contribution in [0.2, 0.25) is 0 Å². The number of rotatable bonds is 1. The summed E-state index contributed by atoms with van der Waals surface area (Å²) in [7, 11) is 0.